The van der Waals surface area contributed by atoms with Crippen molar-refractivity contribution in [3.05, 3.63) is 54.6 Å². The molecule has 0 radical (unpaired) electrons. The summed E-state index contributed by atoms with van der Waals surface area (Å²) < 4.78 is 0. The standard InChI is InChI=1S/C22H26N2O2S/c1-17(25)23-18-12-14-21(15-13-18)27-16-22(26)24(19-8-4-2-5-9-19)20-10-6-3-7-11-20/h2,4-5,8-9,12-15,20H,3,6-7,10-11,16H2,1H3,(H,23,25). The highest BCUT2D eigenvalue weighted by molar-refractivity contribution is 8.00. The first-order chi connectivity index (χ1) is 13.1. The summed E-state index contributed by atoms with van der Waals surface area (Å²) in [6.07, 6.45) is 5.81. The Kier molecular flexibility index (Phi) is 6.93. The molecular weight excluding hydrogens is 356 g/mol. The largest absolute Gasteiger partial charge is 0.326 e. The average Bonchev–Trinajstić information content (AvgIpc) is 2.69. The van der Waals surface area contributed by atoms with Crippen molar-refractivity contribution in [3.8, 4) is 0 Å². The van der Waals surface area contributed by atoms with Gasteiger partial charge < -0.3 is 10.2 Å². The van der Waals surface area contributed by atoms with Gasteiger partial charge in [0.25, 0.3) is 0 Å². The number of rotatable bonds is 6. The number of hydrogen-bond donors (Lipinski definition) is 1. The molecule has 0 bridgehead atoms. The number of nitrogens with zero attached hydrogens (tertiary/aromatic N) is 1. The Balaban J connectivity index is 1.66. The predicted octanol–water partition coefficient (Wildman–Crippen LogP) is 5.10. The van der Waals surface area contributed by atoms with Crippen LogP contribution < -0.4 is 10.2 Å². The molecule has 4 nitrogen and oxygen atoms in total. The van der Waals surface area contributed by atoms with Gasteiger partial charge in [-0.25, -0.2) is 0 Å². The van der Waals surface area contributed by atoms with E-state index in [9.17, 15) is 9.59 Å². The summed E-state index contributed by atoms with van der Waals surface area (Å²) in [4.78, 5) is 27.2. The Labute approximate surface area is 165 Å². The summed E-state index contributed by atoms with van der Waals surface area (Å²) in [6, 6.07) is 17.9. The summed E-state index contributed by atoms with van der Waals surface area (Å²) in [6.45, 7) is 1.49. The number of anilines is 2. The third kappa shape index (κ3) is 5.60. The van der Waals surface area contributed by atoms with E-state index in [0.29, 0.717) is 11.8 Å². The van der Waals surface area contributed by atoms with Crippen LogP contribution in [0.4, 0.5) is 11.4 Å². The van der Waals surface area contributed by atoms with E-state index in [1.54, 1.807) is 0 Å². The molecule has 0 saturated heterocycles. The molecule has 0 heterocycles. The van der Waals surface area contributed by atoms with E-state index < -0.39 is 0 Å². The van der Waals surface area contributed by atoms with Gasteiger partial charge in [-0.2, -0.15) is 0 Å². The van der Waals surface area contributed by atoms with E-state index in [-0.39, 0.29) is 11.8 Å². The van der Waals surface area contributed by atoms with Crippen LogP contribution in [0.5, 0.6) is 0 Å². The van der Waals surface area contributed by atoms with Crippen LogP contribution in [-0.4, -0.2) is 23.6 Å². The van der Waals surface area contributed by atoms with Crippen LogP contribution >= 0.6 is 11.8 Å². The van der Waals surface area contributed by atoms with Gasteiger partial charge in [0, 0.05) is 29.2 Å². The van der Waals surface area contributed by atoms with Crippen molar-refractivity contribution in [2.75, 3.05) is 16.0 Å². The minimum absolute atomic E-state index is 0.0865. The fourth-order valence-electron chi connectivity index (χ4n) is 3.54. The van der Waals surface area contributed by atoms with Gasteiger partial charge in [0.1, 0.15) is 0 Å². The first-order valence-electron chi connectivity index (χ1n) is 9.51. The van der Waals surface area contributed by atoms with Crippen LogP contribution in [0, 0.1) is 0 Å². The van der Waals surface area contributed by atoms with Gasteiger partial charge in [-0.1, -0.05) is 37.5 Å². The molecule has 0 atom stereocenters. The lowest BCUT2D eigenvalue weighted by Gasteiger charge is -2.34. The topological polar surface area (TPSA) is 49.4 Å². The number of para-hydroxylation sites is 1. The zero-order valence-electron chi connectivity index (χ0n) is 15.7. The van der Waals surface area contributed by atoms with Crippen LogP contribution in [0.3, 0.4) is 0 Å². The highest BCUT2D eigenvalue weighted by Gasteiger charge is 2.26. The second kappa shape index (κ2) is 9.60. The van der Waals surface area contributed by atoms with Crippen LogP contribution in [0.1, 0.15) is 39.0 Å². The van der Waals surface area contributed by atoms with E-state index in [2.05, 4.69) is 5.32 Å². The second-order valence-corrected chi connectivity index (χ2v) is 7.93. The molecule has 142 valence electrons. The molecule has 0 unspecified atom stereocenters. The molecule has 5 heteroatoms. The number of hydrogen-bond acceptors (Lipinski definition) is 3. The molecular formula is C22H26N2O2S. The fraction of sp³-hybridized carbons (Fsp3) is 0.364. The van der Waals surface area contributed by atoms with Crippen LogP contribution in [-0.2, 0) is 9.59 Å². The molecule has 0 aliphatic heterocycles. The van der Waals surface area contributed by atoms with Crippen molar-refractivity contribution >= 4 is 35.0 Å². The van der Waals surface area contributed by atoms with Gasteiger partial charge >= 0.3 is 0 Å². The quantitative estimate of drug-likeness (QED) is 0.707. The van der Waals surface area contributed by atoms with Gasteiger partial charge in [-0.3, -0.25) is 9.59 Å². The Bertz CT molecular complexity index is 756. The maximum Gasteiger partial charge on any atom is 0.237 e. The van der Waals surface area contributed by atoms with Gasteiger partial charge in [0.15, 0.2) is 0 Å². The maximum atomic E-state index is 13.1. The predicted molar refractivity (Wildman–Crippen MR) is 112 cm³/mol. The zero-order chi connectivity index (χ0) is 19.1. The SMILES string of the molecule is CC(=O)Nc1ccc(SCC(=O)N(c2ccccc2)C2CCCCC2)cc1. The van der Waals surface area contributed by atoms with Crippen molar-refractivity contribution in [2.45, 2.75) is 50.0 Å². The molecule has 1 aliphatic rings. The fourth-order valence-corrected chi connectivity index (χ4v) is 4.30. The van der Waals surface area contributed by atoms with Gasteiger partial charge in [-0.15, -0.1) is 11.8 Å². The smallest absolute Gasteiger partial charge is 0.237 e. The van der Waals surface area contributed by atoms with Gasteiger partial charge in [0.05, 0.1) is 5.75 Å². The minimum atomic E-state index is -0.0865. The first-order valence-corrected chi connectivity index (χ1v) is 10.5. The van der Waals surface area contributed by atoms with Crippen LogP contribution in [0.25, 0.3) is 0 Å². The highest BCUT2D eigenvalue weighted by atomic mass is 32.2. The lowest BCUT2D eigenvalue weighted by atomic mass is 9.93. The first kappa shape index (κ1) is 19.5. The van der Waals surface area contributed by atoms with E-state index in [4.69, 9.17) is 0 Å². The number of nitrogens with one attached hydrogen (secondary N) is 1. The third-order valence-electron chi connectivity index (χ3n) is 4.78. The molecule has 2 aromatic carbocycles. The Morgan fingerprint density at radius 1 is 1.00 bits per heavy atom. The molecule has 1 N–H and O–H groups in total. The van der Waals surface area contributed by atoms with Crippen molar-refractivity contribution in [2.24, 2.45) is 0 Å². The maximum absolute atomic E-state index is 13.1. The number of carbonyl (C=O) groups excluding carboxylic acids is 2. The van der Waals surface area contributed by atoms with Crippen molar-refractivity contribution in [3.63, 3.8) is 0 Å². The Hall–Kier alpha value is -2.27. The van der Waals surface area contributed by atoms with E-state index in [0.717, 1.165) is 29.1 Å². The van der Waals surface area contributed by atoms with Gasteiger partial charge in [0.2, 0.25) is 11.8 Å². The van der Waals surface area contributed by atoms with E-state index in [1.165, 1.54) is 37.9 Å². The summed E-state index contributed by atoms with van der Waals surface area (Å²) >= 11 is 1.54. The van der Waals surface area contributed by atoms with Crippen LogP contribution in [0.15, 0.2) is 59.5 Å². The lowest BCUT2D eigenvalue weighted by molar-refractivity contribution is -0.117. The molecule has 1 saturated carbocycles. The summed E-state index contributed by atoms with van der Waals surface area (Å²) in [7, 11) is 0. The highest BCUT2D eigenvalue weighted by Crippen LogP contribution is 2.29. The molecule has 27 heavy (non-hydrogen) atoms. The number of thioether (sulfide) groups is 1. The zero-order valence-corrected chi connectivity index (χ0v) is 16.5. The number of amides is 2. The van der Waals surface area contributed by atoms with E-state index >= 15 is 0 Å². The average molecular weight is 383 g/mol. The van der Waals surface area contributed by atoms with Crippen molar-refractivity contribution in [1.82, 2.24) is 0 Å². The Morgan fingerprint density at radius 3 is 2.30 bits per heavy atom. The summed E-state index contributed by atoms with van der Waals surface area (Å²) in [5.74, 6) is 0.478. The molecule has 0 spiro atoms. The van der Waals surface area contributed by atoms with Crippen molar-refractivity contribution < 1.29 is 9.59 Å². The van der Waals surface area contributed by atoms with Crippen LogP contribution in [0.2, 0.25) is 0 Å². The normalized spacial score (nSPS) is 14.6. The number of benzene rings is 2. The summed E-state index contributed by atoms with van der Waals surface area (Å²) in [5.41, 5.74) is 1.77. The molecule has 3 rings (SSSR count). The molecule has 2 aromatic rings. The molecule has 2 amide bonds. The number of carbonyl (C=O) groups is 2. The monoisotopic (exact) mass is 382 g/mol. The molecule has 0 aromatic heterocycles. The van der Waals surface area contributed by atoms with E-state index in [1.807, 2.05) is 59.5 Å². The second-order valence-electron chi connectivity index (χ2n) is 6.89. The third-order valence-corrected chi connectivity index (χ3v) is 5.78. The van der Waals surface area contributed by atoms with Crippen molar-refractivity contribution in [1.29, 1.82) is 0 Å². The Morgan fingerprint density at radius 2 is 1.67 bits per heavy atom. The lowest BCUT2D eigenvalue weighted by Crippen LogP contribution is -2.42. The minimum Gasteiger partial charge on any atom is -0.326 e. The summed E-state index contributed by atoms with van der Waals surface area (Å²) in [5, 5.41) is 2.76. The molecule has 1 aliphatic carbocycles. The molecule has 1 fully saturated rings. The van der Waals surface area contributed by atoms with Gasteiger partial charge in [-0.05, 0) is 49.2 Å².